The fourth-order valence-corrected chi connectivity index (χ4v) is 4.75. The van der Waals surface area contributed by atoms with Gasteiger partial charge in [-0.3, -0.25) is 4.79 Å². The number of rotatable bonds is 9. The van der Waals surface area contributed by atoms with Crippen LogP contribution in [0.15, 0.2) is 77.7 Å². The lowest BCUT2D eigenvalue weighted by molar-refractivity contribution is 0.0526. The van der Waals surface area contributed by atoms with Gasteiger partial charge < -0.3 is 20.2 Å². The molecule has 0 fully saturated rings. The molecule has 0 heterocycles. The van der Waals surface area contributed by atoms with Crippen LogP contribution >= 0.6 is 23.2 Å². The molecule has 3 rings (SSSR count). The number of halogens is 2. The lowest BCUT2D eigenvalue weighted by Crippen LogP contribution is -2.37. The number of carbonyl (C=O) groups is 2. The molecule has 0 saturated heterocycles. The maximum absolute atomic E-state index is 13.5. The average Bonchev–Trinajstić information content (AvgIpc) is 2.85. The van der Waals surface area contributed by atoms with E-state index in [0.29, 0.717) is 5.02 Å². The number of hydrogen-bond donors (Lipinski definition) is 2. The first kappa shape index (κ1) is 29.1. The van der Waals surface area contributed by atoms with Gasteiger partial charge in [0.25, 0.3) is 15.9 Å². The van der Waals surface area contributed by atoms with E-state index >= 15 is 0 Å². The Morgan fingerprint density at radius 1 is 0.895 bits per heavy atom. The van der Waals surface area contributed by atoms with Crippen molar-refractivity contribution in [2.24, 2.45) is 0 Å². The molecule has 12 heteroatoms. The molecule has 202 valence electrons. The lowest BCUT2D eigenvalue weighted by Gasteiger charge is -2.24. The number of carbonyl (C=O) groups excluding carboxylic acids is 2. The van der Waals surface area contributed by atoms with Gasteiger partial charge in [0.15, 0.2) is 5.75 Å². The van der Waals surface area contributed by atoms with Gasteiger partial charge in [-0.2, -0.15) is 8.42 Å². The number of ether oxygens (including phenoxy) is 1. The Hall–Kier alpha value is -3.47. The van der Waals surface area contributed by atoms with E-state index in [0.717, 1.165) is 4.47 Å². The van der Waals surface area contributed by atoms with E-state index in [4.69, 9.17) is 32.8 Å². The zero-order chi connectivity index (χ0) is 27.9. The molecule has 0 atom stereocenters. The summed E-state index contributed by atoms with van der Waals surface area (Å²) >= 11 is 12.1. The van der Waals surface area contributed by atoms with Crippen LogP contribution in [0.2, 0.25) is 10.0 Å². The van der Waals surface area contributed by atoms with Crippen molar-refractivity contribution >= 4 is 50.9 Å². The predicted octanol–water partition coefficient (Wildman–Crippen LogP) is 5.44. The van der Waals surface area contributed by atoms with Crippen molar-refractivity contribution in [1.29, 1.82) is 0 Å². The number of benzene rings is 3. The Balaban J connectivity index is 1.72. The van der Waals surface area contributed by atoms with E-state index in [1.807, 2.05) is 0 Å². The van der Waals surface area contributed by atoms with Crippen LogP contribution < -0.4 is 19.9 Å². The molecule has 0 radical (unpaired) electrons. The van der Waals surface area contributed by atoms with Gasteiger partial charge in [-0.15, -0.1) is 0 Å². The van der Waals surface area contributed by atoms with Crippen molar-refractivity contribution in [2.45, 2.75) is 31.3 Å². The molecule has 3 aromatic rings. The molecule has 0 aliphatic rings. The van der Waals surface area contributed by atoms with Gasteiger partial charge in [0.2, 0.25) is 0 Å². The van der Waals surface area contributed by atoms with Crippen molar-refractivity contribution in [2.75, 3.05) is 17.6 Å². The monoisotopic (exact) mass is 579 g/mol. The zero-order valence-electron chi connectivity index (χ0n) is 20.9. The normalized spacial score (nSPS) is 11.4. The number of nitrogens with zero attached hydrogens (tertiary/aromatic N) is 1. The van der Waals surface area contributed by atoms with Crippen molar-refractivity contribution < 1.29 is 27.6 Å². The Bertz CT molecular complexity index is 1380. The van der Waals surface area contributed by atoms with E-state index in [1.165, 1.54) is 42.5 Å². The van der Waals surface area contributed by atoms with E-state index < -0.39 is 27.6 Å². The Labute approximate surface area is 231 Å². The molecule has 0 aliphatic heterocycles. The number of nitrogens with one attached hydrogen (secondary N) is 2. The molecule has 3 aromatic carbocycles. The second-order valence-corrected chi connectivity index (χ2v) is 11.5. The number of hydrogen-bond acceptors (Lipinski definition) is 6. The molecular weight excluding hydrogens is 553 g/mol. The highest BCUT2D eigenvalue weighted by atomic mass is 35.5. The van der Waals surface area contributed by atoms with Gasteiger partial charge in [-0.25, -0.2) is 4.79 Å². The molecule has 0 bridgehead atoms. The minimum absolute atomic E-state index is 0.0829. The Morgan fingerprint density at radius 2 is 1.53 bits per heavy atom. The first-order valence-electron chi connectivity index (χ1n) is 11.5. The summed E-state index contributed by atoms with van der Waals surface area (Å²) in [6, 6.07) is 18.0. The fourth-order valence-electron chi connectivity index (χ4n) is 3.06. The summed E-state index contributed by atoms with van der Waals surface area (Å²) < 4.78 is 33.0. The van der Waals surface area contributed by atoms with Crippen LogP contribution in [-0.4, -0.2) is 39.1 Å². The maximum atomic E-state index is 13.5. The molecule has 9 nitrogen and oxygen atoms in total. The second kappa shape index (κ2) is 12.4. The second-order valence-electron chi connectivity index (χ2n) is 8.94. The summed E-state index contributed by atoms with van der Waals surface area (Å²) in [7, 11) is -4.24. The molecule has 0 unspecified atom stereocenters. The van der Waals surface area contributed by atoms with Crippen LogP contribution in [0, 0.1) is 0 Å². The molecule has 0 spiro atoms. The quantitative estimate of drug-likeness (QED) is 0.258. The van der Waals surface area contributed by atoms with E-state index in [2.05, 4.69) is 10.6 Å². The van der Waals surface area contributed by atoms with Gasteiger partial charge in [0, 0.05) is 23.7 Å². The van der Waals surface area contributed by atoms with Crippen molar-refractivity contribution in [3.8, 4) is 5.75 Å². The zero-order valence-corrected chi connectivity index (χ0v) is 23.2. The largest absolute Gasteiger partial charge is 0.444 e. The van der Waals surface area contributed by atoms with Crippen LogP contribution in [0.4, 0.5) is 10.5 Å². The third kappa shape index (κ3) is 8.01. The fraction of sp³-hybridized carbons (Fsp3) is 0.231. The summed E-state index contributed by atoms with van der Waals surface area (Å²) in [6.07, 6.45) is -0.591. The van der Waals surface area contributed by atoms with Crippen molar-refractivity contribution in [1.82, 2.24) is 10.6 Å². The molecule has 0 aromatic heterocycles. The highest BCUT2D eigenvalue weighted by Gasteiger charge is 2.28. The van der Waals surface area contributed by atoms with Gasteiger partial charge in [0.05, 0.1) is 15.6 Å². The highest BCUT2D eigenvalue weighted by molar-refractivity contribution is 7.92. The molecular formula is C26H27Cl2N3O6S. The van der Waals surface area contributed by atoms with Gasteiger partial charge in [0.1, 0.15) is 5.60 Å². The average molecular weight is 580 g/mol. The van der Waals surface area contributed by atoms with Crippen molar-refractivity contribution in [3.05, 3.63) is 88.4 Å². The first-order chi connectivity index (χ1) is 17.9. The number of amides is 2. The van der Waals surface area contributed by atoms with E-state index in [1.54, 1.807) is 51.1 Å². The summed E-state index contributed by atoms with van der Waals surface area (Å²) in [5.74, 6) is -0.358. The minimum atomic E-state index is -4.24. The Morgan fingerprint density at radius 3 is 2.13 bits per heavy atom. The van der Waals surface area contributed by atoms with Gasteiger partial charge >= 0.3 is 6.09 Å². The predicted molar refractivity (Wildman–Crippen MR) is 146 cm³/mol. The molecule has 0 saturated carbocycles. The summed E-state index contributed by atoms with van der Waals surface area (Å²) in [6.45, 7) is 5.54. The minimum Gasteiger partial charge on any atom is -0.444 e. The summed E-state index contributed by atoms with van der Waals surface area (Å²) in [4.78, 5) is 29.8. The molecule has 0 aliphatic carbocycles. The maximum Gasteiger partial charge on any atom is 0.407 e. The Kier molecular flexibility index (Phi) is 9.48. The number of anilines is 1. The third-order valence-electron chi connectivity index (χ3n) is 4.75. The van der Waals surface area contributed by atoms with E-state index in [9.17, 15) is 18.0 Å². The molecule has 2 N–H and O–H groups in total. The number of alkyl carbamates (subject to hydrolysis) is 1. The first-order valence-corrected chi connectivity index (χ1v) is 13.6. The summed E-state index contributed by atoms with van der Waals surface area (Å²) in [5, 5.41) is 5.68. The van der Waals surface area contributed by atoms with Crippen LogP contribution in [0.3, 0.4) is 0 Å². The standard InChI is InChI=1S/C26H27Cl2N3O6S/c1-26(2,3)36-25(33)30-16-15-29-24(32)18-9-12-21(13-10-18)38(34,35)31(20-7-5-4-6-8-20)37-23-14-11-19(27)17-22(23)28/h4-14,17H,15-16H2,1-3H3,(H,29,32)(H,30,33). The van der Waals surface area contributed by atoms with Gasteiger partial charge in [-0.05, 0) is 75.4 Å². The van der Waals surface area contributed by atoms with Crippen LogP contribution in [-0.2, 0) is 14.8 Å². The SMILES string of the molecule is CC(C)(C)OC(=O)NCCNC(=O)c1ccc(S(=O)(=O)N(Oc2ccc(Cl)cc2Cl)c2ccccc2)cc1. The number of sulfonamides is 1. The molecule has 38 heavy (non-hydrogen) atoms. The highest BCUT2D eigenvalue weighted by Crippen LogP contribution is 2.32. The summed E-state index contributed by atoms with van der Waals surface area (Å²) in [5.41, 5.74) is -0.163. The number of para-hydroxylation sites is 1. The third-order valence-corrected chi connectivity index (χ3v) is 6.87. The topological polar surface area (TPSA) is 114 Å². The smallest absolute Gasteiger partial charge is 0.407 e. The molecule has 2 amide bonds. The van der Waals surface area contributed by atoms with Crippen molar-refractivity contribution in [3.63, 3.8) is 0 Å². The van der Waals surface area contributed by atoms with Crippen LogP contribution in [0.1, 0.15) is 31.1 Å². The van der Waals surface area contributed by atoms with Gasteiger partial charge in [-0.1, -0.05) is 45.9 Å². The lowest BCUT2D eigenvalue weighted by atomic mass is 10.2. The van der Waals surface area contributed by atoms with E-state index in [-0.39, 0.29) is 40.0 Å². The van der Waals surface area contributed by atoms with Crippen LogP contribution in [0.5, 0.6) is 5.75 Å². The van der Waals surface area contributed by atoms with Crippen LogP contribution in [0.25, 0.3) is 0 Å².